The minimum Gasteiger partial charge on any atom is -0.369 e. The Labute approximate surface area is 123 Å². The number of nitro groups is 1. The first kappa shape index (κ1) is 14.0. The van der Waals surface area contributed by atoms with Crippen LogP contribution in [0.1, 0.15) is 11.3 Å². The first-order chi connectivity index (χ1) is 9.11. The predicted octanol–water partition coefficient (Wildman–Crippen LogP) is 3.58. The highest BCUT2D eigenvalue weighted by atomic mass is 79.9. The zero-order valence-electron chi connectivity index (χ0n) is 10.2. The Hall–Kier alpha value is -1.47. The molecule has 0 saturated heterocycles. The molecule has 0 bridgehead atoms. The zero-order valence-corrected chi connectivity index (χ0v) is 12.6. The van der Waals surface area contributed by atoms with Crippen molar-refractivity contribution >= 4 is 38.6 Å². The summed E-state index contributed by atoms with van der Waals surface area (Å²) in [7, 11) is 1.94. The zero-order chi connectivity index (χ0) is 13.8. The lowest BCUT2D eigenvalue weighted by Crippen LogP contribution is -2.16. The van der Waals surface area contributed by atoms with Crippen LogP contribution in [0.15, 0.2) is 29.1 Å². The summed E-state index contributed by atoms with van der Waals surface area (Å²) in [6.07, 6.45) is 0. The van der Waals surface area contributed by atoms with Gasteiger partial charge in [0.1, 0.15) is 0 Å². The van der Waals surface area contributed by atoms with Crippen molar-refractivity contribution in [1.82, 2.24) is 4.98 Å². The van der Waals surface area contributed by atoms with Gasteiger partial charge >= 0.3 is 0 Å². The van der Waals surface area contributed by atoms with Crippen LogP contribution in [-0.2, 0) is 11.9 Å². The Morgan fingerprint density at radius 2 is 2.32 bits per heavy atom. The Kier molecular flexibility index (Phi) is 4.49. The van der Waals surface area contributed by atoms with E-state index in [1.54, 1.807) is 29.0 Å². The second-order valence-corrected chi connectivity index (χ2v) is 5.32. The van der Waals surface area contributed by atoms with Crippen molar-refractivity contribution in [1.29, 1.82) is 0 Å². The fourth-order valence-corrected chi connectivity index (χ4v) is 2.74. The van der Waals surface area contributed by atoms with Gasteiger partial charge in [0.05, 0.1) is 22.7 Å². The summed E-state index contributed by atoms with van der Waals surface area (Å²) in [5, 5.41) is 13.3. The van der Waals surface area contributed by atoms with Gasteiger partial charge in [-0.05, 0) is 12.1 Å². The highest BCUT2D eigenvalue weighted by Gasteiger charge is 2.14. The summed E-state index contributed by atoms with van der Waals surface area (Å²) >= 11 is 4.84. The second kappa shape index (κ2) is 6.12. The highest BCUT2D eigenvalue weighted by Crippen LogP contribution is 2.27. The SMILES string of the molecule is CN(Cc1cscn1)c1ccc([N+](=O)[O-])c(CBr)c1. The molecule has 0 unspecified atom stereocenters. The second-order valence-electron chi connectivity index (χ2n) is 4.04. The summed E-state index contributed by atoms with van der Waals surface area (Å²) < 4.78 is 0. The maximum Gasteiger partial charge on any atom is 0.273 e. The molecule has 0 fully saturated rings. The Morgan fingerprint density at radius 3 is 2.89 bits per heavy atom. The summed E-state index contributed by atoms with van der Waals surface area (Å²) in [5.74, 6) is 0. The minimum atomic E-state index is -0.360. The van der Waals surface area contributed by atoms with Gasteiger partial charge in [0.15, 0.2) is 0 Å². The normalized spacial score (nSPS) is 10.4. The van der Waals surface area contributed by atoms with Gasteiger partial charge in [0, 0.05) is 35.1 Å². The average molecular weight is 342 g/mol. The molecule has 0 aliphatic heterocycles. The number of rotatable bonds is 5. The first-order valence-electron chi connectivity index (χ1n) is 5.53. The molecule has 1 aromatic heterocycles. The summed E-state index contributed by atoms with van der Waals surface area (Å²) in [5.41, 5.74) is 4.54. The third-order valence-electron chi connectivity index (χ3n) is 2.73. The number of hydrogen-bond donors (Lipinski definition) is 0. The van der Waals surface area contributed by atoms with Crippen molar-refractivity contribution in [2.45, 2.75) is 11.9 Å². The Bertz CT molecular complexity index is 574. The van der Waals surface area contributed by atoms with Crippen LogP contribution in [0, 0.1) is 10.1 Å². The lowest BCUT2D eigenvalue weighted by molar-refractivity contribution is -0.385. The first-order valence-corrected chi connectivity index (χ1v) is 7.59. The molecule has 5 nitrogen and oxygen atoms in total. The van der Waals surface area contributed by atoms with E-state index in [2.05, 4.69) is 20.9 Å². The topological polar surface area (TPSA) is 59.3 Å². The fraction of sp³-hybridized carbons (Fsp3) is 0.250. The average Bonchev–Trinajstić information content (AvgIpc) is 2.90. The van der Waals surface area contributed by atoms with Crippen LogP contribution >= 0.6 is 27.3 Å². The molecule has 0 radical (unpaired) electrons. The fourth-order valence-electron chi connectivity index (χ4n) is 1.74. The van der Waals surface area contributed by atoms with Crippen LogP contribution in [0.5, 0.6) is 0 Å². The van der Waals surface area contributed by atoms with E-state index in [1.807, 2.05) is 23.4 Å². The lowest BCUT2D eigenvalue weighted by Gasteiger charge is -2.18. The number of thiazole rings is 1. The van der Waals surface area contributed by atoms with Gasteiger partial charge in [0.25, 0.3) is 5.69 Å². The molecule has 2 aromatic rings. The van der Waals surface area contributed by atoms with Gasteiger partial charge in [-0.3, -0.25) is 10.1 Å². The molecule has 1 heterocycles. The molecule has 2 rings (SSSR count). The molecule has 19 heavy (non-hydrogen) atoms. The van der Waals surface area contributed by atoms with Crippen molar-refractivity contribution in [3.05, 3.63) is 50.5 Å². The van der Waals surface area contributed by atoms with Crippen LogP contribution in [0.3, 0.4) is 0 Å². The van der Waals surface area contributed by atoms with Crippen LogP contribution in [0.2, 0.25) is 0 Å². The van der Waals surface area contributed by atoms with E-state index >= 15 is 0 Å². The maximum atomic E-state index is 10.9. The van der Waals surface area contributed by atoms with Gasteiger partial charge in [-0.25, -0.2) is 4.98 Å². The van der Waals surface area contributed by atoms with E-state index in [-0.39, 0.29) is 10.6 Å². The van der Waals surface area contributed by atoms with Crippen molar-refractivity contribution in [3.63, 3.8) is 0 Å². The molecule has 100 valence electrons. The Morgan fingerprint density at radius 1 is 1.53 bits per heavy atom. The Balaban J connectivity index is 2.23. The lowest BCUT2D eigenvalue weighted by atomic mass is 10.1. The smallest absolute Gasteiger partial charge is 0.273 e. The number of nitrogens with zero attached hydrogens (tertiary/aromatic N) is 3. The summed E-state index contributed by atoms with van der Waals surface area (Å²) in [6.45, 7) is 0.684. The maximum absolute atomic E-state index is 10.9. The van der Waals surface area contributed by atoms with Crippen LogP contribution in [0.4, 0.5) is 11.4 Å². The van der Waals surface area contributed by atoms with Gasteiger partial charge in [-0.2, -0.15) is 0 Å². The molecule has 0 N–H and O–H groups in total. The van der Waals surface area contributed by atoms with Gasteiger partial charge in [-0.1, -0.05) is 15.9 Å². The van der Waals surface area contributed by atoms with Crippen molar-refractivity contribution in [2.24, 2.45) is 0 Å². The number of nitro benzene ring substituents is 1. The standard InChI is InChI=1S/C12H12BrN3O2S/c1-15(6-10-7-19-8-14-10)11-2-3-12(16(17)18)9(4-11)5-13/h2-4,7-8H,5-6H2,1H3. The predicted molar refractivity (Wildman–Crippen MR) is 79.9 cm³/mol. The van der Waals surface area contributed by atoms with Gasteiger partial charge < -0.3 is 4.90 Å². The van der Waals surface area contributed by atoms with E-state index < -0.39 is 0 Å². The minimum absolute atomic E-state index is 0.141. The van der Waals surface area contributed by atoms with E-state index in [1.165, 1.54) is 0 Å². The molecular formula is C12H12BrN3O2S. The molecule has 0 saturated carbocycles. The van der Waals surface area contributed by atoms with E-state index in [0.717, 1.165) is 11.4 Å². The molecule has 1 aromatic carbocycles. The third kappa shape index (κ3) is 3.30. The van der Waals surface area contributed by atoms with Crippen LogP contribution in [-0.4, -0.2) is 17.0 Å². The summed E-state index contributed by atoms with van der Waals surface area (Å²) in [6, 6.07) is 5.14. The number of halogens is 1. The number of hydrogen-bond acceptors (Lipinski definition) is 5. The highest BCUT2D eigenvalue weighted by molar-refractivity contribution is 9.08. The monoisotopic (exact) mass is 341 g/mol. The van der Waals surface area contributed by atoms with Crippen molar-refractivity contribution < 1.29 is 4.92 Å². The van der Waals surface area contributed by atoms with Crippen LogP contribution in [0.25, 0.3) is 0 Å². The van der Waals surface area contributed by atoms with Gasteiger partial charge in [-0.15, -0.1) is 11.3 Å². The van der Waals surface area contributed by atoms with E-state index in [9.17, 15) is 10.1 Å². The van der Waals surface area contributed by atoms with Crippen molar-refractivity contribution in [2.75, 3.05) is 11.9 Å². The van der Waals surface area contributed by atoms with Crippen molar-refractivity contribution in [3.8, 4) is 0 Å². The molecule has 0 amide bonds. The molecule has 0 aliphatic rings. The number of alkyl halides is 1. The van der Waals surface area contributed by atoms with E-state index in [0.29, 0.717) is 17.4 Å². The quantitative estimate of drug-likeness (QED) is 0.473. The van der Waals surface area contributed by atoms with Gasteiger partial charge in [0.2, 0.25) is 0 Å². The number of anilines is 1. The largest absolute Gasteiger partial charge is 0.369 e. The molecule has 0 aliphatic carbocycles. The number of benzene rings is 1. The summed E-state index contributed by atoms with van der Waals surface area (Å²) in [4.78, 5) is 16.8. The molecule has 0 atom stereocenters. The molecular weight excluding hydrogens is 330 g/mol. The number of aromatic nitrogens is 1. The third-order valence-corrected chi connectivity index (χ3v) is 3.97. The van der Waals surface area contributed by atoms with E-state index in [4.69, 9.17) is 0 Å². The molecule has 0 spiro atoms. The molecule has 7 heteroatoms. The van der Waals surface area contributed by atoms with Crippen LogP contribution < -0.4 is 4.90 Å².